The zero-order valence-electron chi connectivity index (χ0n) is 12.2. The molecule has 0 aliphatic heterocycles. The van der Waals surface area contributed by atoms with Crippen LogP contribution < -0.4 is 11.1 Å². The molecule has 0 bridgehead atoms. The summed E-state index contributed by atoms with van der Waals surface area (Å²) in [4.78, 5) is 4.39. The first-order valence-corrected chi connectivity index (χ1v) is 8.16. The number of hydrogen-bond donors (Lipinski definition) is 2. The Balaban J connectivity index is 1.85. The van der Waals surface area contributed by atoms with Crippen LogP contribution in [0, 0.1) is 5.92 Å². The van der Waals surface area contributed by atoms with Gasteiger partial charge in [0.1, 0.15) is 0 Å². The van der Waals surface area contributed by atoms with Crippen LogP contribution >= 0.6 is 11.6 Å². The van der Waals surface area contributed by atoms with E-state index in [4.69, 9.17) is 17.3 Å². The summed E-state index contributed by atoms with van der Waals surface area (Å²) in [6.45, 7) is 0.669. The molecule has 1 unspecified atom stereocenters. The molecule has 1 saturated carbocycles. The van der Waals surface area contributed by atoms with Gasteiger partial charge in [0.15, 0.2) is 0 Å². The molecular formula is C17H22ClN3. The number of nitrogens with one attached hydrogen (secondary N) is 1. The molecule has 2 aromatic rings. The van der Waals surface area contributed by atoms with Crippen molar-refractivity contribution in [3.63, 3.8) is 0 Å². The van der Waals surface area contributed by atoms with E-state index in [2.05, 4.69) is 10.3 Å². The molecule has 1 aliphatic rings. The summed E-state index contributed by atoms with van der Waals surface area (Å²) >= 11 is 6.05. The number of hydrogen-bond acceptors (Lipinski definition) is 3. The standard InChI is InChI=1S/C17H22ClN3/c18-13-6-7-14-15(8-9-20-16(14)10-13)21-17(11-19)12-4-2-1-3-5-12/h6-10,12,17H,1-5,11,19H2,(H,20,21). The van der Waals surface area contributed by atoms with E-state index in [0.717, 1.165) is 21.6 Å². The lowest BCUT2D eigenvalue weighted by Gasteiger charge is -2.31. The Morgan fingerprint density at radius 1 is 1.24 bits per heavy atom. The Labute approximate surface area is 130 Å². The van der Waals surface area contributed by atoms with Crippen molar-refractivity contribution < 1.29 is 0 Å². The normalized spacial score (nSPS) is 17.8. The van der Waals surface area contributed by atoms with Crippen LogP contribution in [0.5, 0.6) is 0 Å². The predicted octanol–water partition coefficient (Wildman–Crippen LogP) is 4.21. The molecule has 0 saturated heterocycles. The minimum absolute atomic E-state index is 0.339. The average molecular weight is 304 g/mol. The SMILES string of the molecule is NCC(Nc1ccnc2cc(Cl)ccc12)C1CCCCC1. The Morgan fingerprint density at radius 3 is 2.81 bits per heavy atom. The summed E-state index contributed by atoms with van der Waals surface area (Å²) in [7, 11) is 0. The Hall–Kier alpha value is -1.32. The number of aromatic nitrogens is 1. The lowest BCUT2D eigenvalue weighted by atomic mass is 9.83. The molecule has 4 heteroatoms. The third-order valence-electron chi connectivity index (χ3n) is 4.52. The largest absolute Gasteiger partial charge is 0.380 e. The highest BCUT2D eigenvalue weighted by Gasteiger charge is 2.22. The molecule has 0 spiro atoms. The predicted molar refractivity (Wildman–Crippen MR) is 89.8 cm³/mol. The first-order valence-electron chi connectivity index (χ1n) is 7.79. The molecule has 3 rings (SSSR count). The number of pyridine rings is 1. The minimum atomic E-state index is 0.339. The molecule has 0 radical (unpaired) electrons. The molecule has 1 fully saturated rings. The minimum Gasteiger partial charge on any atom is -0.380 e. The maximum atomic E-state index is 6.05. The summed E-state index contributed by atoms with van der Waals surface area (Å²) in [6, 6.07) is 8.21. The van der Waals surface area contributed by atoms with Gasteiger partial charge in [0.25, 0.3) is 0 Å². The highest BCUT2D eigenvalue weighted by Crippen LogP contribution is 2.30. The number of nitrogens with two attached hydrogens (primary N) is 1. The first kappa shape index (κ1) is 14.6. The number of fused-ring (bicyclic) bond motifs is 1. The van der Waals surface area contributed by atoms with Crippen LogP contribution in [0.1, 0.15) is 32.1 Å². The third kappa shape index (κ3) is 3.30. The van der Waals surface area contributed by atoms with Crippen LogP contribution in [0.15, 0.2) is 30.5 Å². The van der Waals surface area contributed by atoms with E-state index in [1.54, 1.807) is 0 Å². The van der Waals surface area contributed by atoms with Crippen molar-refractivity contribution in [1.29, 1.82) is 0 Å². The third-order valence-corrected chi connectivity index (χ3v) is 4.75. The number of nitrogens with zero attached hydrogens (tertiary/aromatic N) is 1. The molecule has 0 amide bonds. The molecule has 1 aromatic carbocycles. The fourth-order valence-corrected chi connectivity index (χ4v) is 3.52. The van der Waals surface area contributed by atoms with Gasteiger partial charge in [0.2, 0.25) is 0 Å². The molecule has 21 heavy (non-hydrogen) atoms. The second-order valence-corrected chi connectivity index (χ2v) is 6.34. The van der Waals surface area contributed by atoms with Crippen LogP contribution in [-0.4, -0.2) is 17.6 Å². The van der Waals surface area contributed by atoms with E-state index >= 15 is 0 Å². The van der Waals surface area contributed by atoms with Crippen molar-refractivity contribution in [3.8, 4) is 0 Å². The Morgan fingerprint density at radius 2 is 2.05 bits per heavy atom. The Bertz CT molecular complexity index is 608. The highest BCUT2D eigenvalue weighted by molar-refractivity contribution is 6.31. The quantitative estimate of drug-likeness (QED) is 0.889. The Kier molecular flexibility index (Phi) is 4.61. The lowest BCUT2D eigenvalue weighted by Crippen LogP contribution is -2.37. The van der Waals surface area contributed by atoms with Crippen molar-refractivity contribution >= 4 is 28.2 Å². The average Bonchev–Trinajstić information content (AvgIpc) is 2.53. The molecule has 3 nitrogen and oxygen atoms in total. The maximum Gasteiger partial charge on any atom is 0.0737 e. The second kappa shape index (κ2) is 6.63. The summed E-state index contributed by atoms with van der Waals surface area (Å²) in [5, 5.41) is 5.48. The number of halogens is 1. The van der Waals surface area contributed by atoms with Gasteiger partial charge in [0.05, 0.1) is 5.52 Å². The van der Waals surface area contributed by atoms with Gasteiger partial charge in [-0.2, -0.15) is 0 Å². The van der Waals surface area contributed by atoms with E-state index in [1.165, 1.54) is 32.1 Å². The van der Waals surface area contributed by atoms with Crippen LogP contribution in [0.2, 0.25) is 5.02 Å². The maximum absolute atomic E-state index is 6.05. The van der Waals surface area contributed by atoms with Gasteiger partial charge in [-0.3, -0.25) is 4.98 Å². The summed E-state index contributed by atoms with van der Waals surface area (Å²) < 4.78 is 0. The first-order chi connectivity index (χ1) is 10.3. The van der Waals surface area contributed by atoms with Gasteiger partial charge in [-0.1, -0.05) is 30.9 Å². The van der Waals surface area contributed by atoms with Gasteiger partial charge in [0, 0.05) is 34.9 Å². The zero-order chi connectivity index (χ0) is 14.7. The van der Waals surface area contributed by atoms with Crippen LogP contribution in [0.3, 0.4) is 0 Å². The lowest BCUT2D eigenvalue weighted by molar-refractivity contribution is 0.320. The van der Waals surface area contributed by atoms with Gasteiger partial charge in [-0.05, 0) is 43.0 Å². The highest BCUT2D eigenvalue weighted by atomic mass is 35.5. The molecule has 3 N–H and O–H groups in total. The molecule has 1 aliphatic carbocycles. The van der Waals surface area contributed by atoms with E-state index in [1.807, 2.05) is 30.5 Å². The van der Waals surface area contributed by atoms with E-state index in [9.17, 15) is 0 Å². The summed E-state index contributed by atoms with van der Waals surface area (Å²) in [5.74, 6) is 0.680. The molecule has 1 aromatic heterocycles. The molecule has 1 heterocycles. The van der Waals surface area contributed by atoms with Crippen LogP contribution in [-0.2, 0) is 0 Å². The summed E-state index contributed by atoms with van der Waals surface area (Å²) in [6.07, 6.45) is 8.42. The zero-order valence-corrected chi connectivity index (χ0v) is 12.9. The van der Waals surface area contributed by atoms with Crippen molar-refractivity contribution in [3.05, 3.63) is 35.5 Å². The molecular weight excluding hydrogens is 282 g/mol. The summed E-state index contributed by atoms with van der Waals surface area (Å²) in [5.41, 5.74) is 8.05. The monoisotopic (exact) mass is 303 g/mol. The molecule has 112 valence electrons. The second-order valence-electron chi connectivity index (χ2n) is 5.90. The van der Waals surface area contributed by atoms with E-state index < -0.39 is 0 Å². The van der Waals surface area contributed by atoms with Crippen molar-refractivity contribution in [2.75, 3.05) is 11.9 Å². The van der Waals surface area contributed by atoms with Crippen molar-refractivity contribution in [2.24, 2.45) is 11.7 Å². The molecule has 1 atom stereocenters. The fourth-order valence-electron chi connectivity index (χ4n) is 3.35. The van der Waals surface area contributed by atoms with Gasteiger partial charge in [-0.15, -0.1) is 0 Å². The topological polar surface area (TPSA) is 50.9 Å². The number of anilines is 1. The van der Waals surface area contributed by atoms with Crippen molar-refractivity contribution in [2.45, 2.75) is 38.1 Å². The van der Waals surface area contributed by atoms with Gasteiger partial charge < -0.3 is 11.1 Å². The smallest absolute Gasteiger partial charge is 0.0737 e. The van der Waals surface area contributed by atoms with Gasteiger partial charge >= 0.3 is 0 Å². The van der Waals surface area contributed by atoms with Crippen LogP contribution in [0.25, 0.3) is 10.9 Å². The van der Waals surface area contributed by atoms with E-state index in [0.29, 0.717) is 18.5 Å². The van der Waals surface area contributed by atoms with Crippen molar-refractivity contribution in [1.82, 2.24) is 4.98 Å². The number of rotatable bonds is 4. The number of benzene rings is 1. The van der Waals surface area contributed by atoms with Gasteiger partial charge in [-0.25, -0.2) is 0 Å². The fraction of sp³-hybridized carbons (Fsp3) is 0.471. The van der Waals surface area contributed by atoms with Crippen LogP contribution in [0.4, 0.5) is 5.69 Å². The van der Waals surface area contributed by atoms with E-state index in [-0.39, 0.29) is 0 Å².